The van der Waals surface area contributed by atoms with Gasteiger partial charge in [0.1, 0.15) is 17.0 Å². The third-order valence-corrected chi connectivity index (χ3v) is 10.9. The summed E-state index contributed by atoms with van der Waals surface area (Å²) >= 11 is 8.05. The van der Waals surface area contributed by atoms with Crippen LogP contribution in [0, 0.1) is 0 Å². The van der Waals surface area contributed by atoms with E-state index in [4.69, 9.17) is 21.1 Å². The number of thiophene rings is 1. The smallest absolute Gasteiger partial charge is 0.413 e. The van der Waals surface area contributed by atoms with Crippen molar-refractivity contribution in [3.63, 3.8) is 0 Å². The summed E-state index contributed by atoms with van der Waals surface area (Å²) < 4.78 is 41.1. The number of nitrogens with one attached hydrogen (secondary N) is 2. The first kappa shape index (κ1) is 30.9. The van der Waals surface area contributed by atoms with Crippen LogP contribution in [-0.4, -0.2) is 53.7 Å². The number of aromatic nitrogens is 2. The Labute approximate surface area is 264 Å². The molecule has 3 N–H and O–H groups in total. The van der Waals surface area contributed by atoms with Crippen molar-refractivity contribution in [1.29, 1.82) is 0 Å². The summed E-state index contributed by atoms with van der Waals surface area (Å²) in [5.74, 6) is 0.172. The van der Waals surface area contributed by atoms with E-state index in [-0.39, 0.29) is 23.1 Å². The zero-order valence-corrected chi connectivity index (χ0v) is 26.9. The van der Waals surface area contributed by atoms with Crippen molar-refractivity contribution in [2.45, 2.75) is 62.5 Å². The number of halogens is 1. The van der Waals surface area contributed by atoms with Crippen LogP contribution in [0.3, 0.4) is 0 Å². The van der Waals surface area contributed by atoms with Crippen LogP contribution < -0.4 is 10.0 Å². The van der Waals surface area contributed by atoms with Crippen LogP contribution in [0.2, 0.25) is 5.02 Å². The molecule has 0 radical (unpaired) electrons. The first-order chi connectivity index (χ1) is 20.8. The van der Waals surface area contributed by atoms with Crippen LogP contribution in [0.1, 0.15) is 62.2 Å². The number of carbonyl (C=O) groups excluding carboxylic acids is 1. The molecule has 2 unspecified atom stereocenters. The van der Waals surface area contributed by atoms with E-state index < -0.39 is 38.6 Å². The van der Waals surface area contributed by atoms with Crippen LogP contribution in [-0.2, 0) is 25.1 Å². The molecule has 44 heavy (non-hydrogen) atoms. The SMILES string of the molecule is CC(C)(C)OC(=O)Nc1ccc(Cl)c(C(NS(=O)(=O)C2CC2)c2cc3cccc(-c4cc(C5(O)CCOC5)ccn4)c3s2)n1. The topological polar surface area (TPSA) is 140 Å². The second-order valence-corrected chi connectivity index (χ2v) is 15.6. The van der Waals surface area contributed by atoms with Gasteiger partial charge < -0.3 is 14.6 Å². The number of amides is 1. The Bertz CT molecular complexity index is 1830. The number of hydrogen-bond donors (Lipinski definition) is 3. The van der Waals surface area contributed by atoms with Gasteiger partial charge in [0.25, 0.3) is 0 Å². The van der Waals surface area contributed by atoms with E-state index in [0.29, 0.717) is 36.4 Å². The van der Waals surface area contributed by atoms with Crippen molar-refractivity contribution in [1.82, 2.24) is 14.7 Å². The van der Waals surface area contributed by atoms with Crippen molar-refractivity contribution in [3.8, 4) is 11.3 Å². The molecule has 4 heterocycles. The fourth-order valence-corrected chi connectivity index (χ4v) is 8.14. The molecule has 1 saturated heterocycles. The molecule has 1 aliphatic heterocycles. The number of hydrogen-bond acceptors (Lipinski definition) is 9. The second kappa shape index (κ2) is 11.7. The van der Waals surface area contributed by atoms with Gasteiger partial charge in [-0.3, -0.25) is 10.3 Å². The zero-order valence-electron chi connectivity index (χ0n) is 24.5. The van der Waals surface area contributed by atoms with Gasteiger partial charge in [-0.2, -0.15) is 0 Å². The van der Waals surface area contributed by atoms with Crippen molar-refractivity contribution in [3.05, 3.63) is 75.9 Å². The Balaban J connectivity index is 1.41. The molecule has 1 amide bonds. The van der Waals surface area contributed by atoms with Gasteiger partial charge in [-0.25, -0.2) is 22.9 Å². The summed E-state index contributed by atoms with van der Waals surface area (Å²) in [6, 6.07) is 13.6. The fraction of sp³-hybridized carbons (Fsp3) is 0.387. The molecular formula is C31H33ClN4O6S2. The third-order valence-electron chi connectivity index (χ3n) is 7.44. The lowest BCUT2D eigenvalue weighted by Crippen LogP contribution is -2.32. The van der Waals surface area contributed by atoms with Gasteiger partial charge in [0.05, 0.1) is 34.3 Å². The Hall–Kier alpha value is -3.13. The summed E-state index contributed by atoms with van der Waals surface area (Å²) in [6.45, 7) is 5.97. The summed E-state index contributed by atoms with van der Waals surface area (Å²) in [4.78, 5) is 22.3. The van der Waals surface area contributed by atoms with E-state index >= 15 is 0 Å². The highest BCUT2D eigenvalue weighted by molar-refractivity contribution is 7.90. The molecule has 2 atom stereocenters. The highest BCUT2D eigenvalue weighted by atomic mass is 35.5. The van der Waals surface area contributed by atoms with Crippen LogP contribution in [0.15, 0.2) is 54.7 Å². The number of nitrogens with zero attached hydrogens (tertiary/aromatic N) is 2. The Kier molecular flexibility index (Phi) is 8.18. The Morgan fingerprint density at radius 2 is 2.00 bits per heavy atom. The Morgan fingerprint density at radius 3 is 2.70 bits per heavy atom. The maximum absolute atomic E-state index is 13.3. The van der Waals surface area contributed by atoms with Crippen molar-refractivity contribution < 1.29 is 27.8 Å². The number of sulfonamides is 1. The average molecular weight is 657 g/mol. The first-order valence-corrected chi connectivity index (χ1v) is 17.0. The third kappa shape index (κ3) is 6.60. The fourth-order valence-electron chi connectivity index (χ4n) is 5.10. The standard InChI is InChI=1S/C31H33ClN4O6S2/c1-30(2,3)42-29(37)35-25-10-9-22(32)26(34-25)27(36-44(39,40)20-7-8-20)24-15-18-5-4-6-21(28(18)43-24)23-16-19(11-13-33-23)31(38)12-14-41-17-31/h4-6,9-11,13,15-16,20,27,36,38H,7-8,12,14,17H2,1-3H3,(H,34,35,37). The van der Waals surface area contributed by atoms with Crippen LogP contribution in [0.4, 0.5) is 10.6 Å². The minimum absolute atomic E-state index is 0.172. The number of carbonyl (C=O) groups is 1. The normalized spacial score (nSPS) is 19.7. The van der Waals surface area contributed by atoms with Crippen LogP contribution in [0.25, 0.3) is 21.3 Å². The molecule has 0 bridgehead atoms. The molecule has 2 aliphatic rings. The molecule has 1 aliphatic carbocycles. The van der Waals surface area contributed by atoms with Gasteiger partial charge >= 0.3 is 6.09 Å². The van der Waals surface area contributed by atoms with Gasteiger partial charge in [0.2, 0.25) is 10.0 Å². The van der Waals surface area contributed by atoms with E-state index in [0.717, 1.165) is 21.2 Å². The van der Waals surface area contributed by atoms with Crippen molar-refractivity contribution >= 4 is 55.0 Å². The van der Waals surface area contributed by atoms with Crippen LogP contribution in [0.5, 0.6) is 0 Å². The van der Waals surface area contributed by atoms with E-state index in [1.807, 2.05) is 30.3 Å². The summed E-state index contributed by atoms with van der Waals surface area (Å²) in [5.41, 5.74) is 0.713. The lowest BCUT2D eigenvalue weighted by Gasteiger charge is -2.21. The van der Waals surface area contributed by atoms with Gasteiger partial charge in [0.15, 0.2) is 0 Å². The number of pyridine rings is 2. The predicted molar refractivity (Wildman–Crippen MR) is 170 cm³/mol. The van der Waals surface area contributed by atoms with E-state index in [2.05, 4.69) is 20.0 Å². The zero-order chi connectivity index (χ0) is 31.3. The quantitative estimate of drug-likeness (QED) is 0.206. The number of ether oxygens (including phenoxy) is 2. The Morgan fingerprint density at radius 1 is 1.20 bits per heavy atom. The molecule has 1 aromatic carbocycles. The first-order valence-electron chi connectivity index (χ1n) is 14.3. The lowest BCUT2D eigenvalue weighted by molar-refractivity contribution is 0.0232. The minimum atomic E-state index is -3.69. The largest absolute Gasteiger partial charge is 0.444 e. The minimum Gasteiger partial charge on any atom is -0.444 e. The van der Waals surface area contributed by atoms with E-state index in [9.17, 15) is 18.3 Å². The van der Waals surface area contributed by atoms with Crippen molar-refractivity contribution in [2.75, 3.05) is 18.5 Å². The molecule has 6 rings (SSSR count). The molecule has 1 saturated carbocycles. The molecule has 0 spiro atoms. The lowest BCUT2D eigenvalue weighted by atomic mass is 9.92. The summed E-state index contributed by atoms with van der Waals surface area (Å²) in [7, 11) is -3.69. The molecule has 2 fully saturated rings. The van der Waals surface area contributed by atoms with Gasteiger partial charge in [-0.15, -0.1) is 11.3 Å². The number of benzene rings is 1. The summed E-state index contributed by atoms with van der Waals surface area (Å²) in [6.07, 6.45) is 2.65. The molecule has 4 aromatic rings. The number of rotatable bonds is 8. The predicted octanol–water partition coefficient (Wildman–Crippen LogP) is 6.14. The molecule has 232 valence electrons. The molecule has 3 aromatic heterocycles. The highest BCUT2D eigenvalue weighted by Crippen LogP contribution is 2.42. The summed E-state index contributed by atoms with van der Waals surface area (Å²) in [5, 5.41) is 14.4. The van der Waals surface area contributed by atoms with E-state index in [1.54, 1.807) is 39.1 Å². The molecule has 10 nitrogen and oxygen atoms in total. The van der Waals surface area contributed by atoms with Gasteiger partial charge in [0, 0.05) is 34.4 Å². The van der Waals surface area contributed by atoms with Crippen molar-refractivity contribution in [2.24, 2.45) is 0 Å². The number of anilines is 1. The van der Waals surface area contributed by atoms with E-state index in [1.165, 1.54) is 17.4 Å². The maximum Gasteiger partial charge on any atom is 0.413 e. The van der Waals surface area contributed by atoms with Crippen LogP contribution >= 0.6 is 22.9 Å². The highest BCUT2D eigenvalue weighted by Gasteiger charge is 2.39. The maximum atomic E-state index is 13.3. The van der Waals surface area contributed by atoms with Gasteiger partial charge in [-0.1, -0.05) is 29.8 Å². The monoisotopic (exact) mass is 656 g/mol. The molecule has 13 heteroatoms. The number of fused-ring (bicyclic) bond motifs is 1. The average Bonchev–Trinajstić information content (AvgIpc) is 3.60. The molecular weight excluding hydrogens is 624 g/mol. The number of aliphatic hydroxyl groups is 1. The van der Waals surface area contributed by atoms with Gasteiger partial charge in [-0.05, 0) is 74.9 Å². The second-order valence-electron chi connectivity index (χ2n) is 12.1.